The molecule has 14 heavy (non-hydrogen) atoms. The quantitative estimate of drug-likeness (QED) is 0.710. The average Bonchev–Trinajstić information content (AvgIpc) is 2.52. The SMILES string of the molecule is Nc1cc(N[C@@H]2COC[C@H]2F)ncn1. The molecule has 0 amide bonds. The van der Waals surface area contributed by atoms with Gasteiger partial charge >= 0.3 is 0 Å². The van der Waals surface area contributed by atoms with Crippen LogP contribution in [0.1, 0.15) is 0 Å². The van der Waals surface area contributed by atoms with E-state index in [1.165, 1.54) is 6.33 Å². The number of alkyl halides is 1. The second kappa shape index (κ2) is 3.75. The summed E-state index contributed by atoms with van der Waals surface area (Å²) in [5.74, 6) is 0.882. The first-order chi connectivity index (χ1) is 6.75. The van der Waals surface area contributed by atoms with Crippen LogP contribution in [0, 0.1) is 0 Å². The van der Waals surface area contributed by atoms with Crippen LogP contribution < -0.4 is 11.1 Å². The molecule has 6 heteroatoms. The number of rotatable bonds is 2. The first kappa shape index (κ1) is 9.14. The molecule has 76 valence electrons. The van der Waals surface area contributed by atoms with Crippen LogP contribution in [0.4, 0.5) is 16.0 Å². The standard InChI is InChI=1S/C8H11FN4O/c9-5-2-14-3-6(5)13-8-1-7(10)11-4-12-8/h1,4-6H,2-3H2,(H3,10,11,12,13)/t5-,6-/m1/s1. The first-order valence-corrected chi connectivity index (χ1v) is 4.31. The summed E-state index contributed by atoms with van der Waals surface area (Å²) in [5.41, 5.74) is 5.45. The van der Waals surface area contributed by atoms with Crippen molar-refractivity contribution in [2.45, 2.75) is 12.2 Å². The highest BCUT2D eigenvalue weighted by Crippen LogP contribution is 2.15. The maximum atomic E-state index is 13.1. The van der Waals surface area contributed by atoms with Crippen LogP contribution in [0.25, 0.3) is 0 Å². The van der Waals surface area contributed by atoms with Crippen molar-refractivity contribution >= 4 is 11.6 Å². The highest BCUT2D eigenvalue weighted by atomic mass is 19.1. The van der Waals surface area contributed by atoms with E-state index in [9.17, 15) is 4.39 Å². The molecular formula is C8H11FN4O. The molecule has 0 saturated carbocycles. The lowest BCUT2D eigenvalue weighted by atomic mass is 10.2. The second-order valence-electron chi connectivity index (χ2n) is 3.13. The minimum Gasteiger partial charge on any atom is -0.384 e. The van der Waals surface area contributed by atoms with E-state index in [0.717, 1.165) is 0 Å². The molecule has 1 fully saturated rings. The van der Waals surface area contributed by atoms with E-state index in [2.05, 4.69) is 15.3 Å². The van der Waals surface area contributed by atoms with Gasteiger partial charge in [0.15, 0.2) is 0 Å². The molecule has 1 aromatic rings. The lowest BCUT2D eigenvalue weighted by molar-refractivity contribution is 0.173. The van der Waals surface area contributed by atoms with Gasteiger partial charge in [0.05, 0.1) is 19.3 Å². The molecule has 2 atom stereocenters. The third-order valence-electron chi connectivity index (χ3n) is 2.03. The Balaban J connectivity index is 2.03. The van der Waals surface area contributed by atoms with Crippen molar-refractivity contribution in [1.29, 1.82) is 0 Å². The number of aromatic nitrogens is 2. The Morgan fingerprint density at radius 3 is 3.00 bits per heavy atom. The number of halogens is 1. The Hall–Kier alpha value is -1.43. The molecule has 0 aliphatic carbocycles. The maximum Gasteiger partial charge on any atom is 0.146 e. The lowest BCUT2D eigenvalue weighted by Gasteiger charge is -2.13. The zero-order chi connectivity index (χ0) is 9.97. The van der Waals surface area contributed by atoms with Crippen molar-refractivity contribution in [1.82, 2.24) is 9.97 Å². The number of nitrogens with zero attached hydrogens (tertiary/aromatic N) is 2. The summed E-state index contributed by atoms with van der Waals surface area (Å²) in [6.45, 7) is 0.489. The normalized spacial score (nSPS) is 26.4. The van der Waals surface area contributed by atoms with E-state index in [4.69, 9.17) is 10.5 Å². The Bertz CT molecular complexity index is 322. The Labute approximate surface area is 80.5 Å². The molecule has 5 nitrogen and oxygen atoms in total. The smallest absolute Gasteiger partial charge is 0.146 e. The molecule has 2 heterocycles. The predicted octanol–water partition coefficient (Wildman–Crippen LogP) is 0.208. The van der Waals surface area contributed by atoms with Gasteiger partial charge in [-0.25, -0.2) is 14.4 Å². The zero-order valence-corrected chi connectivity index (χ0v) is 7.48. The van der Waals surface area contributed by atoms with Crippen molar-refractivity contribution in [3.63, 3.8) is 0 Å². The van der Waals surface area contributed by atoms with Crippen LogP contribution in [-0.2, 0) is 4.74 Å². The molecule has 0 aromatic carbocycles. The largest absolute Gasteiger partial charge is 0.384 e. The number of nitrogens with two attached hydrogens (primary N) is 1. The van der Waals surface area contributed by atoms with Crippen molar-refractivity contribution in [2.24, 2.45) is 0 Å². The first-order valence-electron chi connectivity index (χ1n) is 4.31. The van der Waals surface area contributed by atoms with Gasteiger partial charge in [0, 0.05) is 6.07 Å². The molecular weight excluding hydrogens is 187 g/mol. The van der Waals surface area contributed by atoms with Crippen LogP contribution in [0.5, 0.6) is 0 Å². The third kappa shape index (κ3) is 1.90. The Kier molecular flexibility index (Phi) is 2.45. The molecule has 1 saturated heterocycles. The number of hydrogen-bond acceptors (Lipinski definition) is 5. The van der Waals surface area contributed by atoms with Crippen LogP contribution in [0.15, 0.2) is 12.4 Å². The summed E-state index contributed by atoms with van der Waals surface area (Å²) < 4.78 is 18.1. The summed E-state index contributed by atoms with van der Waals surface area (Å²) >= 11 is 0. The van der Waals surface area contributed by atoms with E-state index < -0.39 is 6.17 Å². The summed E-state index contributed by atoms with van der Waals surface area (Å²) in [4.78, 5) is 7.65. The van der Waals surface area contributed by atoms with Gasteiger partial charge in [0.25, 0.3) is 0 Å². The van der Waals surface area contributed by atoms with Gasteiger partial charge in [0.1, 0.15) is 24.1 Å². The Morgan fingerprint density at radius 2 is 2.36 bits per heavy atom. The highest BCUT2D eigenvalue weighted by molar-refractivity contribution is 5.44. The van der Waals surface area contributed by atoms with Crippen molar-refractivity contribution in [3.05, 3.63) is 12.4 Å². The van der Waals surface area contributed by atoms with Crippen molar-refractivity contribution in [2.75, 3.05) is 24.3 Å². The van der Waals surface area contributed by atoms with Crippen LogP contribution >= 0.6 is 0 Å². The molecule has 0 unspecified atom stereocenters. The number of nitrogen functional groups attached to an aromatic ring is 1. The van der Waals surface area contributed by atoms with Crippen LogP contribution in [0.3, 0.4) is 0 Å². The van der Waals surface area contributed by atoms with Gasteiger partial charge in [-0.3, -0.25) is 0 Å². The molecule has 1 aromatic heterocycles. The fraction of sp³-hybridized carbons (Fsp3) is 0.500. The van der Waals surface area contributed by atoms with E-state index in [-0.39, 0.29) is 12.6 Å². The minimum absolute atomic E-state index is 0.137. The monoisotopic (exact) mass is 198 g/mol. The molecule has 3 N–H and O–H groups in total. The summed E-state index contributed by atoms with van der Waals surface area (Å²) in [5, 5.41) is 2.90. The molecule has 1 aliphatic heterocycles. The molecule has 1 aliphatic rings. The van der Waals surface area contributed by atoms with E-state index in [0.29, 0.717) is 18.2 Å². The number of anilines is 2. The van der Waals surface area contributed by atoms with Crippen molar-refractivity contribution < 1.29 is 9.13 Å². The van der Waals surface area contributed by atoms with Gasteiger partial charge < -0.3 is 15.8 Å². The number of ether oxygens (including phenoxy) is 1. The minimum atomic E-state index is -0.994. The highest BCUT2D eigenvalue weighted by Gasteiger charge is 2.27. The number of hydrogen-bond donors (Lipinski definition) is 2. The topological polar surface area (TPSA) is 73.1 Å². The maximum absolute atomic E-state index is 13.1. The van der Waals surface area contributed by atoms with E-state index >= 15 is 0 Å². The fourth-order valence-corrected chi connectivity index (χ4v) is 1.30. The van der Waals surface area contributed by atoms with Crippen LogP contribution in [0.2, 0.25) is 0 Å². The van der Waals surface area contributed by atoms with Gasteiger partial charge in [-0.2, -0.15) is 0 Å². The number of nitrogens with one attached hydrogen (secondary N) is 1. The summed E-state index contributed by atoms with van der Waals surface area (Å²) in [6, 6.07) is 1.22. The van der Waals surface area contributed by atoms with E-state index in [1.807, 2.05) is 0 Å². The predicted molar refractivity (Wildman–Crippen MR) is 49.6 cm³/mol. The van der Waals surface area contributed by atoms with Crippen molar-refractivity contribution in [3.8, 4) is 0 Å². The lowest BCUT2D eigenvalue weighted by Crippen LogP contribution is -2.29. The zero-order valence-electron chi connectivity index (χ0n) is 7.48. The summed E-state index contributed by atoms with van der Waals surface area (Å²) in [7, 11) is 0. The second-order valence-corrected chi connectivity index (χ2v) is 3.13. The average molecular weight is 198 g/mol. The van der Waals surface area contributed by atoms with Gasteiger partial charge in [0.2, 0.25) is 0 Å². The van der Waals surface area contributed by atoms with Gasteiger partial charge in [-0.15, -0.1) is 0 Å². The van der Waals surface area contributed by atoms with E-state index in [1.54, 1.807) is 6.07 Å². The van der Waals surface area contributed by atoms with Gasteiger partial charge in [-0.1, -0.05) is 0 Å². The summed E-state index contributed by atoms with van der Waals surface area (Å²) in [6.07, 6.45) is 0.340. The van der Waals surface area contributed by atoms with Gasteiger partial charge in [-0.05, 0) is 0 Å². The Morgan fingerprint density at radius 1 is 1.50 bits per heavy atom. The molecule has 0 radical (unpaired) electrons. The molecule has 2 rings (SSSR count). The van der Waals surface area contributed by atoms with Crippen LogP contribution in [-0.4, -0.2) is 35.4 Å². The third-order valence-corrected chi connectivity index (χ3v) is 2.03. The molecule has 0 bridgehead atoms. The molecule has 0 spiro atoms. The fourth-order valence-electron chi connectivity index (χ4n) is 1.30.